The average Bonchev–Trinajstić information content (AvgIpc) is 3.06. The van der Waals surface area contributed by atoms with Gasteiger partial charge in [0.25, 0.3) is 5.91 Å². The van der Waals surface area contributed by atoms with Crippen LogP contribution >= 0.6 is 23.2 Å². The fraction of sp³-hybridized carbons (Fsp3) is 0.400. The highest BCUT2D eigenvalue weighted by Gasteiger charge is 2.31. The number of aromatic amines is 1. The number of nitrogens with one attached hydrogen (secondary N) is 1. The first-order valence-corrected chi connectivity index (χ1v) is 9.89. The summed E-state index contributed by atoms with van der Waals surface area (Å²) in [6, 6.07) is 2.55. The van der Waals surface area contributed by atoms with Crippen molar-refractivity contribution in [3.05, 3.63) is 56.1 Å². The average molecular weight is 443 g/mol. The zero-order chi connectivity index (χ0) is 21.3. The second kappa shape index (κ2) is 8.73. The molecule has 1 aromatic carbocycles. The van der Waals surface area contributed by atoms with Crippen LogP contribution in [0.25, 0.3) is 0 Å². The number of carbonyl (C=O) groups excluding carboxylic acids is 2. The zero-order valence-electron chi connectivity index (χ0n) is 16.3. The van der Waals surface area contributed by atoms with Gasteiger partial charge in [0.15, 0.2) is 0 Å². The Labute approximate surface area is 177 Å². The highest BCUT2D eigenvalue weighted by molar-refractivity contribution is 6.35. The Morgan fingerprint density at radius 2 is 2.07 bits per heavy atom. The van der Waals surface area contributed by atoms with Crippen molar-refractivity contribution in [1.82, 2.24) is 9.88 Å². The van der Waals surface area contributed by atoms with Crippen molar-refractivity contribution in [2.45, 2.75) is 26.4 Å². The maximum Gasteiger partial charge on any atom is 0.339 e. The normalized spacial score (nSPS) is 16.8. The van der Waals surface area contributed by atoms with Crippen LogP contribution in [0.15, 0.2) is 12.1 Å². The van der Waals surface area contributed by atoms with E-state index in [1.165, 1.54) is 19.2 Å². The molecule has 3 rings (SSSR count). The smallest absolute Gasteiger partial charge is 0.339 e. The van der Waals surface area contributed by atoms with Gasteiger partial charge < -0.3 is 19.4 Å². The number of hydrogen-bond donors (Lipinski definition) is 1. The molecule has 6 nitrogen and oxygen atoms in total. The van der Waals surface area contributed by atoms with Crippen molar-refractivity contribution >= 4 is 35.1 Å². The molecule has 2 aromatic rings. The molecule has 1 aromatic heterocycles. The zero-order valence-corrected chi connectivity index (χ0v) is 17.8. The van der Waals surface area contributed by atoms with E-state index >= 15 is 0 Å². The van der Waals surface area contributed by atoms with Crippen LogP contribution in [0.4, 0.5) is 4.39 Å². The lowest BCUT2D eigenvalue weighted by atomic mass is 10.1. The molecule has 0 unspecified atom stereocenters. The second-order valence-electron chi connectivity index (χ2n) is 6.72. The molecule has 1 atom stereocenters. The fourth-order valence-corrected chi connectivity index (χ4v) is 3.99. The minimum Gasteiger partial charge on any atom is -0.465 e. The molecule has 1 amide bonds. The highest BCUT2D eigenvalue weighted by Crippen LogP contribution is 2.33. The molecule has 0 spiro atoms. The summed E-state index contributed by atoms with van der Waals surface area (Å²) in [4.78, 5) is 29.9. The molecule has 1 N–H and O–H groups in total. The number of aromatic nitrogens is 1. The number of ether oxygens (including phenoxy) is 2. The summed E-state index contributed by atoms with van der Waals surface area (Å²) in [6.07, 6.45) is -0.0443. The number of hydrogen-bond acceptors (Lipinski definition) is 4. The van der Waals surface area contributed by atoms with Crippen LogP contribution in [-0.2, 0) is 15.9 Å². The summed E-state index contributed by atoms with van der Waals surface area (Å²) >= 11 is 12.0. The molecule has 1 aliphatic rings. The number of nitrogens with zero attached hydrogens (tertiary/aromatic N) is 1. The van der Waals surface area contributed by atoms with Crippen molar-refractivity contribution < 1.29 is 23.5 Å². The standard InChI is InChI=1S/C20H21Cl2FN2O4/c1-4-15-17(20(27)28-3)10(2)18(24-15)19(26)25-5-6-29-16(9-25)11-7-14(23)13(22)8-12(11)21/h7-8,16,24H,4-6,9H2,1-3H3/t16-/m0/s1. The molecule has 1 saturated heterocycles. The summed E-state index contributed by atoms with van der Waals surface area (Å²) in [7, 11) is 1.30. The van der Waals surface area contributed by atoms with E-state index in [4.69, 9.17) is 32.7 Å². The lowest BCUT2D eigenvalue weighted by Gasteiger charge is -2.33. The molecule has 2 heterocycles. The number of halogens is 3. The fourth-order valence-electron chi connectivity index (χ4n) is 3.48. The SMILES string of the molecule is CCc1[nH]c(C(=O)N2CCO[C@H](c3cc(F)c(Cl)cc3Cl)C2)c(C)c1C(=O)OC. The number of benzene rings is 1. The number of H-pyrrole nitrogens is 1. The lowest BCUT2D eigenvalue weighted by Crippen LogP contribution is -2.42. The topological polar surface area (TPSA) is 71.6 Å². The van der Waals surface area contributed by atoms with E-state index in [1.54, 1.807) is 11.8 Å². The Morgan fingerprint density at radius 1 is 1.34 bits per heavy atom. The van der Waals surface area contributed by atoms with Crippen molar-refractivity contribution in [1.29, 1.82) is 0 Å². The summed E-state index contributed by atoms with van der Waals surface area (Å²) < 4.78 is 24.5. The molecule has 156 valence electrons. The van der Waals surface area contributed by atoms with Crippen molar-refractivity contribution in [3.8, 4) is 0 Å². The van der Waals surface area contributed by atoms with Gasteiger partial charge in [-0.25, -0.2) is 9.18 Å². The van der Waals surface area contributed by atoms with E-state index in [0.29, 0.717) is 41.0 Å². The first kappa shape index (κ1) is 21.6. The first-order valence-electron chi connectivity index (χ1n) is 9.13. The van der Waals surface area contributed by atoms with E-state index in [9.17, 15) is 14.0 Å². The monoisotopic (exact) mass is 442 g/mol. The number of esters is 1. The quantitative estimate of drug-likeness (QED) is 0.564. The summed E-state index contributed by atoms with van der Waals surface area (Å²) in [5, 5.41) is 0.194. The Balaban J connectivity index is 1.88. The molecule has 1 aliphatic heterocycles. The third-order valence-corrected chi connectivity index (χ3v) is 5.64. The van der Waals surface area contributed by atoms with Gasteiger partial charge in [-0.05, 0) is 31.0 Å². The highest BCUT2D eigenvalue weighted by atomic mass is 35.5. The third kappa shape index (κ3) is 4.13. The van der Waals surface area contributed by atoms with Crippen LogP contribution in [-0.4, -0.2) is 48.6 Å². The van der Waals surface area contributed by atoms with Gasteiger partial charge in [0.1, 0.15) is 17.6 Å². The van der Waals surface area contributed by atoms with Crippen LogP contribution in [0.5, 0.6) is 0 Å². The number of amides is 1. The second-order valence-corrected chi connectivity index (χ2v) is 7.54. The first-order chi connectivity index (χ1) is 13.8. The maximum atomic E-state index is 13.9. The predicted octanol–water partition coefficient (Wildman–Crippen LogP) is 4.33. The largest absolute Gasteiger partial charge is 0.465 e. The molecular weight excluding hydrogens is 422 g/mol. The molecule has 1 fully saturated rings. The van der Waals surface area contributed by atoms with Gasteiger partial charge in [0, 0.05) is 22.8 Å². The van der Waals surface area contributed by atoms with Crippen LogP contribution in [0.3, 0.4) is 0 Å². The Hall–Kier alpha value is -2.09. The summed E-state index contributed by atoms with van der Waals surface area (Å²) in [5.41, 5.74) is 2.32. The number of morpholine rings is 1. The molecule has 0 bridgehead atoms. The molecule has 9 heteroatoms. The van der Waals surface area contributed by atoms with Crippen LogP contribution < -0.4 is 0 Å². The van der Waals surface area contributed by atoms with Gasteiger partial charge in [-0.2, -0.15) is 0 Å². The number of rotatable bonds is 4. The van der Waals surface area contributed by atoms with Crippen molar-refractivity contribution in [3.63, 3.8) is 0 Å². The Bertz CT molecular complexity index is 960. The van der Waals surface area contributed by atoms with Crippen molar-refractivity contribution in [2.75, 3.05) is 26.8 Å². The molecule has 0 aliphatic carbocycles. The number of carbonyl (C=O) groups is 2. The Kier molecular flexibility index (Phi) is 6.51. The number of aryl methyl sites for hydroxylation is 1. The lowest BCUT2D eigenvalue weighted by molar-refractivity contribution is -0.0230. The van der Waals surface area contributed by atoms with Gasteiger partial charge in [-0.1, -0.05) is 30.1 Å². The van der Waals surface area contributed by atoms with E-state index in [2.05, 4.69) is 4.98 Å². The Morgan fingerprint density at radius 3 is 2.72 bits per heavy atom. The summed E-state index contributed by atoms with van der Waals surface area (Å²) in [6.45, 7) is 4.40. The van der Waals surface area contributed by atoms with E-state index < -0.39 is 17.9 Å². The molecule has 29 heavy (non-hydrogen) atoms. The van der Waals surface area contributed by atoms with Gasteiger partial charge in [-0.15, -0.1) is 0 Å². The molecular formula is C20H21Cl2FN2O4. The number of methoxy groups -OCH3 is 1. The minimum absolute atomic E-state index is 0.0769. The third-order valence-electron chi connectivity index (χ3n) is 5.02. The molecule has 0 saturated carbocycles. The van der Waals surface area contributed by atoms with Gasteiger partial charge >= 0.3 is 5.97 Å². The van der Waals surface area contributed by atoms with E-state index in [-0.39, 0.29) is 29.1 Å². The van der Waals surface area contributed by atoms with Crippen LogP contribution in [0.2, 0.25) is 10.0 Å². The van der Waals surface area contributed by atoms with Crippen LogP contribution in [0, 0.1) is 12.7 Å². The van der Waals surface area contributed by atoms with Gasteiger partial charge in [0.2, 0.25) is 0 Å². The predicted molar refractivity (Wildman–Crippen MR) is 107 cm³/mol. The van der Waals surface area contributed by atoms with E-state index in [0.717, 1.165) is 0 Å². The van der Waals surface area contributed by atoms with Gasteiger partial charge in [-0.3, -0.25) is 4.79 Å². The van der Waals surface area contributed by atoms with Crippen molar-refractivity contribution in [2.24, 2.45) is 0 Å². The maximum absolute atomic E-state index is 13.9. The summed E-state index contributed by atoms with van der Waals surface area (Å²) in [5.74, 6) is -1.36. The van der Waals surface area contributed by atoms with Crippen LogP contribution in [0.1, 0.15) is 50.7 Å². The molecule has 0 radical (unpaired) electrons. The van der Waals surface area contributed by atoms with Gasteiger partial charge in [0.05, 0.1) is 30.8 Å². The minimum atomic E-state index is -0.603. The van der Waals surface area contributed by atoms with E-state index in [1.807, 2.05) is 6.92 Å².